The summed E-state index contributed by atoms with van der Waals surface area (Å²) in [5.41, 5.74) is 2.32. The molecule has 0 bridgehead atoms. The number of nitrogens with one attached hydrogen (secondary N) is 2. The summed E-state index contributed by atoms with van der Waals surface area (Å²) in [5, 5.41) is 6.93. The molecule has 2 N–H and O–H groups in total. The minimum absolute atomic E-state index is 0.131. The molecule has 2 unspecified atom stereocenters. The SMILES string of the molecule is CN=C(NCc1cccc(OC)c1OC1CCCC1)NCC1CCOC1c1ccccc1. The lowest BCUT2D eigenvalue weighted by molar-refractivity contribution is 0.0915. The first kappa shape index (κ1) is 22.5. The number of aliphatic imine (C=N–C) groups is 1. The Bertz CT molecular complexity index is 881. The summed E-state index contributed by atoms with van der Waals surface area (Å²) in [5.74, 6) is 2.82. The monoisotopic (exact) mass is 437 g/mol. The van der Waals surface area contributed by atoms with Gasteiger partial charge in [0.2, 0.25) is 0 Å². The highest BCUT2D eigenvalue weighted by Crippen LogP contribution is 2.35. The molecule has 1 saturated heterocycles. The molecule has 0 amide bonds. The van der Waals surface area contributed by atoms with E-state index in [0.717, 1.165) is 55.4 Å². The van der Waals surface area contributed by atoms with Gasteiger partial charge in [0.1, 0.15) is 0 Å². The van der Waals surface area contributed by atoms with Gasteiger partial charge in [-0.1, -0.05) is 42.5 Å². The molecule has 2 aromatic carbocycles. The van der Waals surface area contributed by atoms with E-state index in [1.807, 2.05) is 18.2 Å². The number of benzene rings is 2. The van der Waals surface area contributed by atoms with Crippen molar-refractivity contribution in [2.24, 2.45) is 10.9 Å². The van der Waals surface area contributed by atoms with Gasteiger partial charge < -0.3 is 24.8 Å². The Morgan fingerprint density at radius 1 is 1.03 bits per heavy atom. The van der Waals surface area contributed by atoms with Crippen LogP contribution in [0.4, 0.5) is 0 Å². The van der Waals surface area contributed by atoms with Crippen molar-refractivity contribution >= 4 is 5.96 Å². The minimum Gasteiger partial charge on any atom is -0.493 e. The van der Waals surface area contributed by atoms with Crippen molar-refractivity contribution in [1.82, 2.24) is 10.6 Å². The van der Waals surface area contributed by atoms with Crippen LogP contribution in [0, 0.1) is 5.92 Å². The molecule has 2 aromatic rings. The minimum atomic E-state index is 0.131. The van der Waals surface area contributed by atoms with E-state index in [2.05, 4.69) is 46.0 Å². The third-order valence-electron chi connectivity index (χ3n) is 6.41. The molecule has 1 aliphatic heterocycles. The molecule has 1 heterocycles. The Kier molecular flexibility index (Phi) is 7.88. The van der Waals surface area contributed by atoms with Crippen LogP contribution in [0.15, 0.2) is 53.5 Å². The summed E-state index contributed by atoms with van der Waals surface area (Å²) in [4.78, 5) is 4.42. The quantitative estimate of drug-likeness (QED) is 0.472. The van der Waals surface area contributed by atoms with E-state index in [-0.39, 0.29) is 12.2 Å². The Morgan fingerprint density at radius 2 is 1.84 bits per heavy atom. The summed E-state index contributed by atoms with van der Waals surface area (Å²) < 4.78 is 18.0. The maximum absolute atomic E-state index is 6.36. The molecule has 2 fully saturated rings. The Morgan fingerprint density at radius 3 is 2.59 bits per heavy atom. The van der Waals surface area contributed by atoms with E-state index in [9.17, 15) is 0 Å². The molecule has 6 heteroatoms. The van der Waals surface area contributed by atoms with Crippen molar-refractivity contribution in [1.29, 1.82) is 0 Å². The lowest BCUT2D eigenvalue weighted by Gasteiger charge is -2.22. The Labute approximate surface area is 191 Å². The van der Waals surface area contributed by atoms with Gasteiger partial charge in [-0.3, -0.25) is 4.99 Å². The topological polar surface area (TPSA) is 64.1 Å². The fourth-order valence-electron chi connectivity index (χ4n) is 4.65. The second-order valence-corrected chi connectivity index (χ2v) is 8.53. The van der Waals surface area contributed by atoms with Crippen molar-refractivity contribution in [3.63, 3.8) is 0 Å². The third-order valence-corrected chi connectivity index (χ3v) is 6.41. The van der Waals surface area contributed by atoms with Crippen LogP contribution < -0.4 is 20.1 Å². The number of methoxy groups -OCH3 is 1. The van der Waals surface area contributed by atoms with E-state index < -0.39 is 0 Å². The summed E-state index contributed by atoms with van der Waals surface area (Å²) in [7, 11) is 3.50. The summed E-state index contributed by atoms with van der Waals surface area (Å²) >= 11 is 0. The number of guanidine groups is 1. The van der Waals surface area contributed by atoms with Gasteiger partial charge in [0, 0.05) is 38.2 Å². The van der Waals surface area contributed by atoms with Crippen LogP contribution in [0.3, 0.4) is 0 Å². The summed E-state index contributed by atoms with van der Waals surface area (Å²) in [6, 6.07) is 16.5. The van der Waals surface area contributed by atoms with Gasteiger partial charge >= 0.3 is 0 Å². The lowest BCUT2D eigenvalue weighted by Crippen LogP contribution is -2.40. The summed E-state index contributed by atoms with van der Waals surface area (Å²) in [6.07, 6.45) is 6.14. The molecule has 0 spiro atoms. The largest absolute Gasteiger partial charge is 0.493 e. The van der Waals surface area contributed by atoms with Crippen molar-refractivity contribution in [2.75, 3.05) is 27.3 Å². The number of ether oxygens (including phenoxy) is 3. The molecule has 0 radical (unpaired) electrons. The van der Waals surface area contributed by atoms with Gasteiger partial charge in [-0.05, 0) is 43.7 Å². The smallest absolute Gasteiger partial charge is 0.191 e. The second kappa shape index (κ2) is 11.2. The average Bonchev–Trinajstić information content (AvgIpc) is 3.52. The van der Waals surface area contributed by atoms with E-state index in [1.165, 1.54) is 18.4 Å². The zero-order valence-corrected chi connectivity index (χ0v) is 19.2. The Balaban J connectivity index is 1.35. The highest BCUT2D eigenvalue weighted by atomic mass is 16.5. The van der Waals surface area contributed by atoms with Gasteiger partial charge in [-0.2, -0.15) is 0 Å². The predicted octanol–water partition coefficient (Wildman–Crippen LogP) is 4.46. The maximum Gasteiger partial charge on any atom is 0.191 e. The number of rotatable bonds is 8. The molecule has 0 aromatic heterocycles. The van der Waals surface area contributed by atoms with Gasteiger partial charge in [0.05, 0.1) is 19.3 Å². The standard InChI is InChI=1S/C26H35N3O3/c1-27-26(29-18-21-15-16-31-24(21)19-9-4-3-5-10-19)28-17-20-11-8-14-23(30-2)25(20)32-22-12-6-7-13-22/h3-5,8-11,14,21-22,24H,6-7,12-13,15-18H2,1-2H3,(H2,27,28,29). The van der Waals surface area contributed by atoms with Crippen LogP contribution in [-0.4, -0.2) is 39.4 Å². The zero-order chi connectivity index (χ0) is 22.2. The van der Waals surface area contributed by atoms with Crippen molar-refractivity contribution in [3.8, 4) is 11.5 Å². The van der Waals surface area contributed by atoms with Gasteiger partial charge in [-0.15, -0.1) is 0 Å². The molecule has 4 rings (SSSR count). The molecule has 2 atom stereocenters. The van der Waals surface area contributed by atoms with E-state index in [4.69, 9.17) is 14.2 Å². The zero-order valence-electron chi connectivity index (χ0n) is 19.2. The fourth-order valence-corrected chi connectivity index (χ4v) is 4.65. The van der Waals surface area contributed by atoms with E-state index in [1.54, 1.807) is 14.2 Å². The third kappa shape index (κ3) is 5.54. The lowest BCUT2D eigenvalue weighted by atomic mass is 9.95. The van der Waals surface area contributed by atoms with Crippen LogP contribution >= 0.6 is 0 Å². The van der Waals surface area contributed by atoms with Crippen LogP contribution in [0.5, 0.6) is 11.5 Å². The first-order valence-electron chi connectivity index (χ1n) is 11.7. The maximum atomic E-state index is 6.36. The molecular formula is C26H35N3O3. The van der Waals surface area contributed by atoms with Crippen LogP contribution in [-0.2, 0) is 11.3 Å². The predicted molar refractivity (Wildman–Crippen MR) is 127 cm³/mol. The fraction of sp³-hybridized carbons (Fsp3) is 0.500. The highest BCUT2D eigenvalue weighted by molar-refractivity contribution is 5.79. The van der Waals surface area contributed by atoms with Gasteiger partial charge in [0.15, 0.2) is 17.5 Å². The molecule has 1 saturated carbocycles. The first-order chi connectivity index (χ1) is 15.8. The van der Waals surface area contributed by atoms with Crippen LogP contribution in [0.1, 0.15) is 49.3 Å². The molecule has 1 aliphatic carbocycles. The van der Waals surface area contributed by atoms with Crippen LogP contribution in [0.25, 0.3) is 0 Å². The number of para-hydroxylation sites is 1. The molecule has 172 valence electrons. The average molecular weight is 438 g/mol. The molecular weight excluding hydrogens is 402 g/mol. The van der Waals surface area contributed by atoms with Crippen molar-refractivity contribution in [2.45, 2.75) is 50.9 Å². The number of hydrogen-bond donors (Lipinski definition) is 2. The summed E-state index contributed by atoms with van der Waals surface area (Å²) in [6.45, 7) is 2.22. The second-order valence-electron chi connectivity index (χ2n) is 8.53. The molecule has 6 nitrogen and oxygen atoms in total. The molecule has 2 aliphatic rings. The first-order valence-corrected chi connectivity index (χ1v) is 11.7. The normalized spacial score (nSPS) is 21.5. The number of hydrogen-bond acceptors (Lipinski definition) is 4. The number of nitrogens with zero attached hydrogens (tertiary/aromatic N) is 1. The van der Waals surface area contributed by atoms with Crippen molar-refractivity contribution < 1.29 is 14.2 Å². The van der Waals surface area contributed by atoms with Gasteiger partial charge in [0.25, 0.3) is 0 Å². The van der Waals surface area contributed by atoms with Crippen LogP contribution in [0.2, 0.25) is 0 Å². The Hall–Kier alpha value is -2.73. The molecule has 32 heavy (non-hydrogen) atoms. The van der Waals surface area contributed by atoms with Gasteiger partial charge in [-0.25, -0.2) is 0 Å². The van der Waals surface area contributed by atoms with Crippen molar-refractivity contribution in [3.05, 3.63) is 59.7 Å². The van der Waals surface area contributed by atoms with E-state index >= 15 is 0 Å². The highest BCUT2D eigenvalue weighted by Gasteiger charge is 2.29. The van der Waals surface area contributed by atoms with E-state index in [0.29, 0.717) is 12.5 Å².